The van der Waals surface area contributed by atoms with Crippen molar-refractivity contribution in [3.8, 4) is 11.6 Å². The highest BCUT2D eigenvalue weighted by atomic mass is 35.5. The molecule has 0 aliphatic heterocycles. The number of hydrogen-bond donors (Lipinski definition) is 1. The maximum absolute atomic E-state index is 13.9. The Balaban J connectivity index is 2.05. The smallest absolute Gasteiger partial charge is 0.273 e. The van der Waals surface area contributed by atoms with Gasteiger partial charge in [0.25, 0.3) is 5.91 Å². The van der Waals surface area contributed by atoms with Crippen molar-refractivity contribution < 1.29 is 18.8 Å². The van der Waals surface area contributed by atoms with Crippen molar-refractivity contribution in [1.29, 1.82) is 0 Å². The van der Waals surface area contributed by atoms with Gasteiger partial charge in [-0.25, -0.2) is 9.07 Å². The molecule has 1 aromatic heterocycles. The van der Waals surface area contributed by atoms with E-state index < -0.39 is 5.82 Å². The Labute approximate surface area is 155 Å². The van der Waals surface area contributed by atoms with Crippen molar-refractivity contribution in [1.82, 2.24) is 15.1 Å². The molecule has 0 fully saturated rings. The van der Waals surface area contributed by atoms with E-state index in [9.17, 15) is 9.18 Å². The Kier molecular flexibility index (Phi) is 6.74. The molecule has 9 heteroatoms. The van der Waals surface area contributed by atoms with E-state index >= 15 is 0 Å². The van der Waals surface area contributed by atoms with Gasteiger partial charge in [0, 0.05) is 24.3 Å². The second-order valence-corrected chi connectivity index (χ2v) is 5.53. The second kappa shape index (κ2) is 9.00. The van der Waals surface area contributed by atoms with Gasteiger partial charge < -0.3 is 14.9 Å². The van der Waals surface area contributed by atoms with Gasteiger partial charge in [0.1, 0.15) is 25.2 Å². The number of carbonyl (C=O) groups is 1. The Hall–Kier alpha value is -2.87. The van der Waals surface area contributed by atoms with Crippen LogP contribution < -0.4 is 10.1 Å². The lowest BCUT2D eigenvalue weighted by molar-refractivity contribution is -0.114. The first kappa shape index (κ1) is 19.5. The summed E-state index contributed by atoms with van der Waals surface area (Å²) in [7, 11) is 2.86. The van der Waals surface area contributed by atoms with E-state index in [0.29, 0.717) is 16.5 Å². The number of halogens is 2. The summed E-state index contributed by atoms with van der Waals surface area (Å²) in [5.41, 5.74) is 0.979. The molecule has 0 radical (unpaired) electrons. The quantitative estimate of drug-likeness (QED) is 0.591. The fourth-order valence-corrected chi connectivity index (χ4v) is 2.20. The fraction of sp³-hybridized carbons (Fsp3) is 0.235. The maximum Gasteiger partial charge on any atom is 0.273 e. The van der Waals surface area contributed by atoms with Crippen LogP contribution >= 0.6 is 11.6 Å². The van der Waals surface area contributed by atoms with Crippen LogP contribution in [0.3, 0.4) is 0 Å². The van der Waals surface area contributed by atoms with Crippen LogP contribution in [-0.4, -0.2) is 42.2 Å². The Bertz CT molecular complexity index is 848. The van der Waals surface area contributed by atoms with Crippen molar-refractivity contribution in [2.75, 3.05) is 20.8 Å². The standard InChI is InChI=1S/C17H18ClFN4O3/c1-11(16(22-25-3)17(24)20-2)7-9-26-15-6-8-23(21-15)14-5-4-12(18)10-13(14)19/h4-8,10H,9H2,1-3H3,(H,20,24). The van der Waals surface area contributed by atoms with Gasteiger partial charge in [-0.05, 0) is 36.8 Å². The first-order valence-corrected chi connectivity index (χ1v) is 7.98. The molecule has 0 atom stereocenters. The van der Waals surface area contributed by atoms with Gasteiger partial charge >= 0.3 is 0 Å². The van der Waals surface area contributed by atoms with Gasteiger partial charge in [-0.2, -0.15) is 0 Å². The molecule has 0 unspecified atom stereocenters. The third kappa shape index (κ3) is 4.82. The molecule has 1 heterocycles. The number of rotatable bonds is 7. The van der Waals surface area contributed by atoms with E-state index in [2.05, 4.69) is 20.4 Å². The molecule has 0 saturated heterocycles. The van der Waals surface area contributed by atoms with Crippen molar-refractivity contribution in [2.45, 2.75) is 6.92 Å². The van der Waals surface area contributed by atoms with E-state index in [4.69, 9.17) is 16.3 Å². The predicted molar refractivity (Wildman–Crippen MR) is 96.3 cm³/mol. The Morgan fingerprint density at radius 3 is 2.88 bits per heavy atom. The molecule has 1 N–H and O–H groups in total. The number of ether oxygens (including phenoxy) is 1. The number of nitrogens with zero attached hydrogens (tertiary/aromatic N) is 3. The van der Waals surface area contributed by atoms with Crippen LogP contribution in [0, 0.1) is 5.82 Å². The number of amides is 1. The van der Waals surface area contributed by atoms with Crippen LogP contribution in [0.5, 0.6) is 5.88 Å². The highest BCUT2D eigenvalue weighted by Crippen LogP contribution is 2.19. The van der Waals surface area contributed by atoms with Gasteiger partial charge in [0.2, 0.25) is 5.88 Å². The number of aromatic nitrogens is 2. The molecule has 1 aromatic carbocycles. The highest BCUT2D eigenvalue weighted by molar-refractivity contribution is 6.44. The minimum atomic E-state index is -0.492. The molecule has 2 rings (SSSR count). The lowest BCUT2D eigenvalue weighted by Crippen LogP contribution is -2.28. The monoisotopic (exact) mass is 380 g/mol. The third-order valence-electron chi connectivity index (χ3n) is 3.34. The van der Waals surface area contributed by atoms with Crippen LogP contribution in [0.1, 0.15) is 6.92 Å². The summed E-state index contributed by atoms with van der Waals surface area (Å²) < 4.78 is 20.8. The average Bonchev–Trinajstić information content (AvgIpc) is 3.07. The van der Waals surface area contributed by atoms with Gasteiger partial charge in [0.05, 0.1) is 0 Å². The summed E-state index contributed by atoms with van der Waals surface area (Å²) in [6, 6.07) is 5.90. The van der Waals surface area contributed by atoms with Crippen molar-refractivity contribution in [3.05, 3.63) is 53.0 Å². The van der Waals surface area contributed by atoms with E-state index in [-0.39, 0.29) is 23.9 Å². The average molecular weight is 381 g/mol. The van der Waals surface area contributed by atoms with Gasteiger partial charge in [-0.1, -0.05) is 16.8 Å². The van der Waals surface area contributed by atoms with E-state index in [0.717, 1.165) is 0 Å². The molecule has 0 spiro atoms. The fourth-order valence-electron chi connectivity index (χ4n) is 2.04. The van der Waals surface area contributed by atoms with Crippen LogP contribution in [0.2, 0.25) is 5.02 Å². The van der Waals surface area contributed by atoms with Crippen LogP contribution in [-0.2, 0) is 9.63 Å². The van der Waals surface area contributed by atoms with Gasteiger partial charge in [-0.15, -0.1) is 5.10 Å². The van der Waals surface area contributed by atoms with E-state index in [1.807, 2.05) is 0 Å². The zero-order valence-corrected chi connectivity index (χ0v) is 15.2. The lowest BCUT2D eigenvalue weighted by atomic mass is 10.1. The zero-order chi connectivity index (χ0) is 19.1. The SMILES string of the molecule is CNC(=O)C(=NOC)C(C)=CCOc1ccn(-c2ccc(Cl)cc2F)n1. The molecule has 138 valence electrons. The van der Waals surface area contributed by atoms with Crippen molar-refractivity contribution in [3.63, 3.8) is 0 Å². The lowest BCUT2D eigenvalue weighted by Gasteiger charge is -2.05. The minimum Gasteiger partial charge on any atom is -0.472 e. The Morgan fingerprint density at radius 2 is 2.23 bits per heavy atom. The number of hydrogen-bond acceptors (Lipinski definition) is 5. The summed E-state index contributed by atoms with van der Waals surface area (Å²) in [6.07, 6.45) is 3.23. The number of benzene rings is 1. The topological polar surface area (TPSA) is 77.7 Å². The summed E-state index contributed by atoms with van der Waals surface area (Å²) in [6.45, 7) is 1.85. The number of carbonyl (C=O) groups excluding carboxylic acids is 1. The molecule has 26 heavy (non-hydrogen) atoms. The molecule has 2 aromatic rings. The molecular formula is C17H18ClFN4O3. The second-order valence-electron chi connectivity index (χ2n) is 5.09. The van der Waals surface area contributed by atoms with Crippen LogP contribution in [0.15, 0.2) is 47.3 Å². The van der Waals surface area contributed by atoms with Crippen LogP contribution in [0.25, 0.3) is 5.69 Å². The van der Waals surface area contributed by atoms with Gasteiger partial charge in [0.15, 0.2) is 5.71 Å². The summed E-state index contributed by atoms with van der Waals surface area (Å²) in [4.78, 5) is 16.4. The van der Waals surface area contributed by atoms with Crippen molar-refractivity contribution in [2.24, 2.45) is 5.16 Å². The minimum absolute atomic E-state index is 0.145. The molecule has 7 nitrogen and oxygen atoms in total. The molecule has 0 aliphatic rings. The summed E-state index contributed by atoms with van der Waals surface area (Å²) >= 11 is 5.74. The summed E-state index contributed by atoms with van der Waals surface area (Å²) in [5.74, 6) is -0.564. The maximum atomic E-state index is 13.9. The number of nitrogens with one attached hydrogen (secondary N) is 1. The first-order chi connectivity index (χ1) is 12.5. The normalized spacial score (nSPS) is 12.0. The molecule has 0 aliphatic carbocycles. The first-order valence-electron chi connectivity index (χ1n) is 7.60. The molecule has 0 bridgehead atoms. The zero-order valence-electron chi connectivity index (χ0n) is 14.5. The third-order valence-corrected chi connectivity index (χ3v) is 3.58. The van der Waals surface area contributed by atoms with E-state index in [1.165, 1.54) is 31.0 Å². The molecular weight excluding hydrogens is 363 g/mol. The van der Waals surface area contributed by atoms with Gasteiger partial charge in [-0.3, -0.25) is 4.79 Å². The largest absolute Gasteiger partial charge is 0.472 e. The van der Waals surface area contributed by atoms with Crippen molar-refractivity contribution >= 4 is 23.2 Å². The number of oxime groups is 1. The predicted octanol–water partition coefficient (Wildman–Crippen LogP) is 2.74. The summed E-state index contributed by atoms with van der Waals surface area (Å²) in [5, 5.41) is 10.6. The Morgan fingerprint density at radius 1 is 1.46 bits per heavy atom. The molecule has 1 amide bonds. The van der Waals surface area contributed by atoms with E-state index in [1.54, 1.807) is 31.3 Å². The molecule has 0 saturated carbocycles. The van der Waals surface area contributed by atoms with Crippen LogP contribution in [0.4, 0.5) is 4.39 Å². The highest BCUT2D eigenvalue weighted by Gasteiger charge is 2.13.